The predicted octanol–water partition coefficient (Wildman–Crippen LogP) is 2.72. The first-order chi connectivity index (χ1) is 11.4. The molecule has 0 bridgehead atoms. The summed E-state index contributed by atoms with van der Waals surface area (Å²) < 4.78 is 5.03. The molecule has 0 aliphatic carbocycles. The summed E-state index contributed by atoms with van der Waals surface area (Å²) in [7, 11) is 1.55. The highest BCUT2D eigenvalue weighted by molar-refractivity contribution is 7.13. The van der Waals surface area contributed by atoms with Crippen LogP contribution in [0.3, 0.4) is 0 Å². The molecule has 7 heteroatoms. The van der Waals surface area contributed by atoms with E-state index in [1.807, 2.05) is 0 Å². The van der Waals surface area contributed by atoms with E-state index < -0.39 is 17.4 Å². The van der Waals surface area contributed by atoms with Crippen molar-refractivity contribution in [1.82, 2.24) is 10.3 Å². The van der Waals surface area contributed by atoms with E-state index in [0.29, 0.717) is 27.7 Å². The molecule has 0 aliphatic heterocycles. The average Bonchev–Trinajstić information content (AvgIpc) is 2.94. The Bertz CT molecular complexity index is 729. The number of hydrogen-bond donors (Lipinski definition) is 2. The van der Waals surface area contributed by atoms with Crippen molar-refractivity contribution in [3.8, 4) is 0 Å². The molecule has 0 saturated heterocycles. The molecule has 0 aliphatic rings. The van der Waals surface area contributed by atoms with Crippen molar-refractivity contribution in [1.29, 1.82) is 0 Å². The number of hydrogen-bond acceptors (Lipinski definition) is 5. The van der Waals surface area contributed by atoms with Crippen LogP contribution < -0.4 is 5.32 Å². The number of methoxy groups -OCH3 is 1. The van der Waals surface area contributed by atoms with E-state index in [4.69, 9.17) is 4.74 Å². The van der Waals surface area contributed by atoms with Gasteiger partial charge in [-0.15, -0.1) is 11.3 Å². The Morgan fingerprint density at radius 2 is 2.00 bits per heavy atom. The standard InChI is InChI=1S/C17H20N2O4S/c1-4-17(16(21)22,12-8-6-5-7-9-12)19-15(20)14-11(2)18-13(24-14)10-23-3/h5-9H,4,10H2,1-3H3,(H,19,20)(H,21,22). The van der Waals surface area contributed by atoms with E-state index in [0.717, 1.165) is 0 Å². The van der Waals surface area contributed by atoms with Crippen molar-refractivity contribution in [3.63, 3.8) is 0 Å². The van der Waals surface area contributed by atoms with Gasteiger partial charge in [0.05, 0.1) is 12.3 Å². The summed E-state index contributed by atoms with van der Waals surface area (Å²) in [4.78, 5) is 29.3. The van der Waals surface area contributed by atoms with Crippen LogP contribution in [-0.2, 0) is 21.7 Å². The van der Waals surface area contributed by atoms with Gasteiger partial charge in [-0.05, 0) is 18.9 Å². The molecular weight excluding hydrogens is 328 g/mol. The number of benzene rings is 1. The molecule has 2 N–H and O–H groups in total. The lowest BCUT2D eigenvalue weighted by atomic mass is 9.87. The number of aliphatic carboxylic acids is 1. The van der Waals surface area contributed by atoms with Gasteiger partial charge in [-0.1, -0.05) is 37.3 Å². The number of nitrogens with one attached hydrogen (secondary N) is 1. The van der Waals surface area contributed by atoms with Gasteiger partial charge >= 0.3 is 5.97 Å². The first-order valence-electron chi connectivity index (χ1n) is 7.51. The van der Waals surface area contributed by atoms with E-state index in [1.165, 1.54) is 11.3 Å². The van der Waals surface area contributed by atoms with Crippen molar-refractivity contribution in [2.24, 2.45) is 0 Å². The van der Waals surface area contributed by atoms with Gasteiger partial charge in [-0.3, -0.25) is 4.79 Å². The summed E-state index contributed by atoms with van der Waals surface area (Å²) in [6.45, 7) is 3.77. The number of carbonyl (C=O) groups excluding carboxylic acids is 1. The van der Waals surface area contributed by atoms with Gasteiger partial charge < -0.3 is 15.2 Å². The lowest BCUT2D eigenvalue weighted by Crippen LogP contribution is -2.51. The number of thiazole rings is 1. The maximum atomic E-state index is 12.7. The summed E-state index contributed by atoms with van der Waals surface area (Å²) in [5, 5.41) is 13.2. The van der Waals surface area contributed by atoms with Crippen LogP contribution >= 0.6 is 11.3 Å². The second-order valence-corrected chi connectivity index (χ2v) is 6.42. The van der Waals surface area contributed by atoms with Gasteiger partial charge in [-0.25, -0.2) is 9.78 Å². The van der Waals surface area contributed by atoms with Crippen molar-refractivity contribution in [2.75, 3.05) is 7.11 Å². The van der Waals surface area contributed by atoms with Crippen LogP contribution in [0.5, 0.6) is 0 Å². The van der Waals surface area contributed by atoms with Crippen LogP contribution in [0.25, 0.3) is 0 Å². The molecule has 1 heterocycles. The third-order valence-electron chi connectivity index (χ3n) is 3.80. The topological polar surface area (TPSA) is 88.5 Å². The molecule has 0 radical (unpaired) electrons. The summed E-state index contributed by atoms with van der Waals surface area (Å²) in [5.41, 5.74) is -0.378. The smallest absolute Gasteiger partial charge is 0.334 e. The maximum absolute atomic E-state index is 12.7. The Balaban J connectivity index is 2.37. The van der Waals surface area contributed by atoms with Crippen LogP contribution in [-0.4, -0.2) is 29.1 Å². The van der Waals surface area contributed by atoms with Crippen molar-refractivity contribution in [2.45, 2.75) is 32.4 Å². The Morgan fingerprint density at radius 3 is 2.54 bits per heavy atom. The number of amides is 1. The summed E-state index contributed by atoms with van der Waals surface area (Å²) in [6, 6.07) is 8.71. The fourth-order valence-electron chi connectivity index (χ4n) is 2.51. The molecule has 24 heavy (non-hydrogen) atoms. The second kappa shape index (κ2) is 7.55. The number of carbonyl (C=O) groups is 2. The van der Waals surface area contributed by atoms with Gasteiger partial charge in [0.1, 0.15) is 9.88 Å². The normalized spacial score (nSPS) is 13.3. The van der Waals surface area contributed by atoms with E-state index in [-0.39, 0.29) is 6.42 Å². The van der Waals surface area contributed by atoms with E-state index in [2.05, 4.69) is 10.3 Å². The fourth-order valence-corrected chi connectivity index (χ4v) is 3.45. The number of nitrogens with zero attached hydrogens (tertiary/aromatic N) is 1. The zero-order valence-electron chi connectivity index (χ0n) is 13.8. The fraction of sp³-hybridized carbons (Fsp3) is 0.353. The molecule has 2 aromatic rings. The molecule has 1 amide bonds. The first kappa shape index (κ1) is 18.1. The molecule has 1 atom stereocenters. The van der Waals surface area contributed by atoms with E-state index in [9.17, 15) is 14.7 Å². The second-order valence-electron chi connectivity index (χ2n) is 5.34. The third kappa shape index (κ3) is 3.47. The molecule has 0 saturated carbocycles. The number of carboxylic acid groups (broad SMARTS) is 1. The molecule has 0 spiro atoms. The molecular formula is C17H20N2O4S. The van der Waals surface area contributed by atoms with Crippen molar-refractivity contribution >= 4 is 23.2 Å². The Hall–Kier alpha value is -2.25. The summed E-state index contributed by atoms with van der Waals surface area (Å²) in [6.07, 6.45) is 0.223. The SMILES string of the molecule is CCC(NC(=O)c1sc(COC)nc1C)(C(=O)O)c1ccccc1. The minimum atomic E-state index is -1.48. The molecule has 0 fully saturated rings. The number of aryl methyl sites for hydroxylation is 1. The van der Waals surface area contributed by atoms with Crippen LogP contribution in [0.15, 0.2) is 30.3 Å². The molecule has 6 nitrogen and oxygen atoms in total. The highest BCUT2D eigenvalue weighted by Crippen LogP contribution is 2.27. The predicted molar refractivity (Wildman–Crippen MR) is 91.1 cm³/mol. The molecule has 1 unspecified atom stereocenters. The Kier molecular flexibility index (Phi) is 5.69. The minimum Gasteiger partial charge on any atom is -0.479 e. The van der Waals surface area contributed by atoms with Crippen molar-refractivity contribution < 1.29 is 19.4 Å². The number of rotatable bonds is 7. The zero-order valence-corrected chi connectivity index (χ0v) is 14.6. The van der Waals surface area contributed by atoms with Crippen LogP contribution in [0, 0.1) is 6.92 Å². The largest absolute Gasteiger partial charge is 0.479 e. The quantitative estimate of drug-likeness (QED) is 0.803. The van der Waals surface area contributed by atoms with Gasteiger partial charge in [-0.2, -0.15) is 0 Å². The van der Waals surface area contributed by atoms with Gasteiger partial charge in [0.25, 0.3) is 5.91 Å². The van der Waals surface area contributed by atoms with E-state index in [1.54, 1.807) is 51.3 Å². The molecule has 1 aromatic carbocycles. The minimum absolute atomic E-state index is 0.223. The lowest BCUT2D eigenvalue weighted by molar-refractivity contribution is -0.145. The Labute approximate surface area is 144 Å². The van der Waals surface area contributed by atoms with Gasteiger partial charge in [0.2, 0.25) is 0 Å². The number of aromatic nitrogens is 1. The highest BCUT2D eigenvalue weighted by atomic mass is 32.1. The lowest BCUT2D eigenvalue weighted by Gasteiger charge is -2.29. The van der Waals surface area contributed by atoms with Crippen molar-refractivity contribution in [3.05, 3.63) is 51.5 Å². The monoisotopic (exact) mass is 348 g/mol. The Morgan fingerprint density at radius 1 is 1.33 bits per heavy atom. The molecule has 128 valence electrons. The summed E-state index contributed by atoms with van der Waals surface area (Å²) >= 11 is 1.21. The number of carboxylic acids is 1. The van der Waals surface area contributed by atoms with Crippen LogP contribution in [0.1, 0.15) is 39.3 Å². The number of ether oxygens (including phenoxy) is 1. The third-order valence-corrected chi connectivity index (χ3v) is 4.93. The average molecular weight is 348 g/mol. The zero-order chi connectivity index (χ0) is 17.7. The van der Waals surface area contributed by atoms with Gasteiger partial charge in [0.15, 0.2) is 5.54 Å². The van der Waals surface area contributed by atoms with Gasteiger partial charge in [0, 0.05) is 7.11 Å². The summed E-state index contributed by atoms with van der Waals surface area (Å²) in [5.74, 6) is -1.54. The molecule has 1 aromatic heterocycles. The van der Waals surface area contributed by atoms with Crippen LogP contribution in [0.4, 0.5) is 0 Å². The van der Waals surface area contributed by atoms with Crippen LogP contribution in [0.2, 0.25) is 0 Å². The first-order valence-corrected chi connectivity index (χ1v) is 8.33. The maximum Gasteiger partial charge on any atom is 0.334 e. The molecule has 2 rings (SSSR count). The highest BCUT2D eigenvalue weighted by Gasteiger charge is 2.41. The van der Waals surface area contributed by atoms with E-state index >= 15 is 0 Å².